The van der Waals surface area contributed by atoms with E-state index in [0.717, 1.165) is 38.5 Å². The maximum Gasteiger partial charge on any atom is 0.312 e. The van der Waals surface area contributed by atoms with Gasteiger partial charge < -0.3 is 14.6 Å². The largest absolute Gasteiger partial charge is 0.481 e. The summed E-state index contributed by atoms with van der Waals surface area (Å²) in [6, 6.07) is 0. The van der Waals surface area contributed by atoms with Crippen LogP contribution in [0.25, 0.3) is 0 Å². The van der Waals surface area contributed by atoms with Gasteiger partial charge in [-0.25, -0.2) is 0 Å². The molecule has 204 valence electrons. The standard InChI is InChI=1S/C32H52O4/c1-27(2)18-21-20-10-11-22-29(4)14-13-24(35-8)32(7,26(33)34)23(29)12-15-31(22,6)30(20,5)17-16-28(21,3)25(19-27)36-9/h10,21-25H,11-19H2,1-9H3,(H,33,34). The number of ether oxygens (including phenoxy) is 2. The van der Waals surface area contributed by atoms with Crippen LogP contribution >= 0.6 is 0 Å². The molecule has 4 saturated carbocycles. The zero-order valence-electron chi connectivity index (χ0n) is 24.5. The monoisotopic (exact) mass is 500 g/mol. The van der Waals surface area contributed by atoms with Crippen LogP contribution in [0.2, 0.25) is 0 Å². The second-order valence-electron chi connectivity index (χ2n) is 15.5. The van der Waals surface area contributed by atoms with Crippen molar-refractivity contribution in [2.45, 2.75) is 118 Å². The molecule has 4 nitrogen and oxygen atoms in total. The summed E-state index contributed by atoms with van der Waals surface area (Å²) in [7, 11) is 3.63. The third-order valence-corrected chi connectivity index (χ3v) is 13.7. The molecule has 0 radical (unpaired) electrons. The smallest absolute Gasteiger partial charge is 0.312 e. The molecule has 5 aliphatic rings. The Morgan fingerprint density at radius 2 is 1.50 bits per heavy atom. The van der Waals surface area contributed by atoms with E-state index in [0.29, 0.717) is 17.9 Å². The second-order valence-corrected chi connectivity index (χ2v) is 15.5. The molecule has 4 fully saturated rings. The molecule has 0 aliphatic heterocycles. The van der Waals surface area contributed by atoms with E-state index < -0.39 is 11.4 Å². The number of hydrogen-bond donors (Lipinski definition) is 1. The predicted molar refractivity (Wildman–Crippen MR) is 144 cm³/mol. The third kappa shape index (κ3) is 3.15. The summed E-state index contributed by atoms with van der Waals surface area (Å²) in [5.74, 6) is 0.559. The second kappa shape index (κ2) is 8.07. The Kier molecular flexibility index (Phi) is 5.99. The lowest BCUT2D eigenvalue weighted by molar-refractivity contribution is -0.222. The number of carbonyl (C=O) groups is 1. The van der Waals surface area contributed by atoms with Crippen molar-refractivity contribution >= 4 is 5.97 Å². The minimum absolute atomic E-state index is 0.0157. The van der Waals surface area contributed by atoms with E-state index in [1.165, 1.54) is 19.3 Å². The quantitative estimate of drug-likeness (QED) is 0.407. The highest BCUT2D eigenvalue weighted by molar-refractivity contribution is 5.76. The van der Waals surface area contributed by atoms with Gasteiger partial charge >= 0.3 is 5.97 Å². The molecule has 1 N–H and O–H groups in total. The summed E-state index contributed by atoms with van der Waals surface area (Å²) in [4.78, 5) is 12.8. The zero-order valence-corrected chi connectivity index (χ0v) is 24.5. The van der Waals surface area contributed by atoms with Crippen molar-refractivity contribution in [2.75, 3.05) is 14.2 Å². The molecule has 4 heteroatoms. The molecule has 0 aromatic rings. The highest BCUT2D eigenvalue weighted by Gasteiger charge is 2.70. The molecule has 5 rings (SSSR count). The van der Waals surface area contributed by atoms with E-state index in [-0.39, 0.29) is 39.1 Å². The van der Waals surface area contributed by atoms with Crippen LogP contribution in [0.3, 0.4) is 0 Å². The molecule has 0 heterocycles. The first kappa shape index (κ1) is 26.7. The maximum absolute atomic E-state index is 12.8. The van der Waals surface area contributed by atoms with Crippen molar-refractivity contribution in [1.82, 2.24) is 0 Å². The molecule has 36 heavy (non-hydrogen) atoms. The molecule has 0 spiro atoms. The molecule has 0 saturated heterocycles. The van der Waals surface area contributed by atoms with Crippen molar-refractivity contribution in [3.05, 3.63) is 11.6 Å². The number of carboxylic acid groups (broad SMARTS) is 1. The van der Waals surface area contributed by atoms with E-state index in [2.05, 4.69) is 47.6 Å². The van der Waals surface area contributed by atoms with Crippen molar-refractivity contribution < 1.29 is 19.4 Å². The zero-order chi connectivity index (χ0) is 26.5. The van der Waals surface area contributed by atoms with Crippen molar-refractivity contribution in [2.24, 2.45) is 50.2 Å². The first-order valence-electron chi connectivity index (χ1n) is 14.6. The average molecular weight is 501 g/mol. The Morgan fingerprint density at radius 1 is 0.833 bits per heavy atom. The Morgan fingerprint density at radius 3 is 2.11 bits per heavy atom. The number of carboxylic acids is 1. The Hall–Kier alpha value is -0.870. The Balaban J connectivity index is 1.58. The van der Waals surface area contributed by atoms with Gasteiger partial charge in [0.1, 0.15) is 0 Å². The number of fused-ring (bicyclic) bond motifs is 7. The van der Waals surface area contributed by atoms with Gasteiger partial charge in [-0.2, -0.15) is 0 Å². The van der Waals surface area contributed by atoms with Crippen molar-refractivity contribution in [1.29, 1.82) is 0 Å². The van der Waals surface area contributed by atoms with Gasteiger partial charge in [-0.05, 0) is 104 Å². The highest BCUT2D eigenvalue weighted by Crippen LogP contribution is 2.75. The van der Waals surface area contributed by atoms with Gasteiger partial charge in [-0.15, -0.1) is 0 Å². The van der Waals surface area contributed by atoms with Gasteiger partial charge in [0.05, 0.1) is 17.6 Å². The first-order chi connectivity index (χ1) is 16.6. The van der Waals surface area contributed by atoms with E-state index in [4.69, 9.17) is 9.47 Å². The van der Waals surface area contributed by atoms with Gasteiger partial charge in [0.15, 0.2) is 0 Å². The minimum atomic E-state index is -0.821. The lowest BCUT2D eigenvalue weighted by Gasteiger charge is -2.71. The number of hydrogen-bond acceptors (Lipinski definition) is 3. The molecule has 0 aromatic carbocycles. The first-order valence-corrected chi connectivity index (χ1v) is 14.6. The molecule has 0 bridgehead atoms. The van der Waals surface area contributed by atoms with Crippen LogP contribution in [0.15, 0.2) is 11.6 Å². The summed E-state index contributed by atoms with van der Waals surface area (Å²) in [6.45, 7) is 17.0. The minimum Gasteiger partial charge on any atom is -0.481 e. The van der Waals surface area contributed by atoms with Crippen LogP contribution < -0.4 is 0 Å². The fourth-order valence-corrected chi connectivity index (χ4v) is 11.3. The molecule has 5 aliphatic carbocycles. The lowest BCUT2D eigenvalue weighted by atomic mass is 9.33. The van der Waals surface area contributed by atoms with E-state index in [1.807, 2.05) is 14.0 Å². The van der Waals surface area contributed by atoms with Crippen molar-refractivity contribution in [3.63, 3.8) is 0 Å². The van der Waals surface area contributed by atoms with E-state index in [9.17, 15) is 9.90 Å². The Bertz CT molecular complexity index is 954. The molecule has 10 unspecified atom stereocenters. The molecular formula is C32H52O4. The number of aliphatic carboxylic acids is 1. The van der Waals surface area contributed by atoms with Gasteiger partial charge in [-0.1, -0.05) is 53.2 Å². The van der Waals surface area contributed by atoms with Crippen LogP contribution in [-0.4, -0.2) is 37.5 Å². The molecule has 0 aromatic heterocycles. The topological polar surface area (TPSA) is 55.8 Å². The Labute approximate surface area is 220 Å². The summed E-state index contributed by atoms with van der Waals surface area (Å²) in [6.07, 6.45) is 12.7. The van der Waals surface area contributed by atoms with Crippen LogP contribution in [0.1, 0.15) is 106 Å². The van der Waals surface area contributed by atoms with Gasteiger partial charge in [0.2, 0.25) is 0 Å². The van der Waals surface area contributed by atoms with E-state index in [1.54, 1.807) is 12.7 Å². The van der Waals surface area contributed by atoms with Crippen LogP contribution in [-0.2, 0) is 14.3 Å². The van der Waals surface area contributed by atoms with Crippen LogP contribution in [0.4, 0.5) is 0 Å². The summed E-state index contributed by atoms with van der Waals surface area (Å²) < 4.78 is 12.0. The lowest BCUT2D eigenvalue weighted by Crippen LogP contribution is -2.66. The highest BCUT2D eigenvalue weighted by atomic mass is 16.5. The summed E-state index contributed by atoms with van der Waals surface area (Å²) >= 11 is 0. The fraction of sp³-hybridized carbons (Fsp3) is 0.906. The van der Waals surface area contributed by atoms with E-state index >= 15 is 0 Å². The average Bonchev–Trinajstić information content (AvgIpc) is 2.80. The number of allylic oxidation sites excluding steroid dienone is 2. The normalized spacial score (nSPS) is 53.8. The number of rotatable bonds is 3. The van der Waals surface area contributed by atoms with Gasteiger partial charge in [0.25, 0.3) is 0 Å². The summed E-state index contributed by atoms with van der Waals surface area (Å²) in [5.41, 5.74) is 1.76. The van der Waals surface area contributed by atoms with Crippen LogP contribution in [0, 0.1) is 50.2 Å². The van der Waals surface area contributed by atoms with Crippen molar-refractivity contribution in [3.8, 4) is 0 Å². The molecular weight excluding hydrogens is 448 g/mol. The van der Waals surface area contributed by atoms with Gasteiger partial charge in [-0.3, -0.25) is 4.79 Å². The molecule has 10 atom stereocenters. The van der Waals surface area contributed by atoms with Crippen LogP contribution in [0.5, 0.6) is 0 Å². The predicted octanol–water partition coefficient (Wildman–Crippen LogP) is 7.51. The fourth-order valence-electron chi connectivity index (χ4n) is 11.3. The maximum atomic E-state index is 12.8. The summed E-state index contributed by atoms with van der Waals surface area (Å²) in [5, 5.41) is 10.5. The van der Waals surface area contributed by atoms with Gasteiger partial charge in [0, 0.05) is 19.6 Å². The number of methoxy groups -OCH3 is 2. The third-order valence-electron chi connectivity index (χ3n) is 13.7. The SMILES string of the molecule is COC1CC(C)(C)CC2C3=CCC4C5(C)CCC(OC)C(C)(C(=O)O)C5CCC4(C)C3(C)CCC12C. The molecule has 0 amide bonds.